The molecular formula is C11H16BrN3O2S. The lowest BCUT2D eigenvalue weighted by Crippen LogP contribution is -2.47. The van der Waals surface area contributed by atoms with Crippen LogP contribution in [0, 0.1) is 0 Å². The monoisotopic (exact) mass is 333 g/mol. The van der Waals surface area contributed by atoms with Crippen LogP contribution in [-0.4, -0.2) is 38.8 Å². The van der Waals surface area contributed by atoms with Crippen molar-refractivity contribution in [2.24, 2.45) is 0 Å². The van der Waals surface area contributed by atoms with Crippen molar-refractivity contribution >= 4 is 31.6 Å². The summed E-state index contributed by atoms with van der Waals surface area (Å²) in [4.78, 5) is 6.29. The first-order valence-electron chi connectivity index (χ1n) is 5.77. The number of halogens is 1. The number of aromatic nitrogens is 1. The van der Waals surface area contributed by atoms with Gasteiger partial charge in [0, 0.05) is 29.8 Å². The Morgan fingerprint density at radius 3 is 2.94 bits per heavy atom. The largest absolute Gasteiger partial charge is 0.369 e. The Morgan fingerprint density at radius 1 is 1.50 bits per heavy atom. The van der Waals surface area contributed by atoms with Gasteiger partial charge in [-0.2, -0.15) is 0 Å². The van der Waals surface area contributed by atoms with E-state index in [-0.39, 0.29) is 6.04 Å². The predicted octanol–water partition coefficient (Wildman–Crippen LogP) is 1.36. The van der Waals surface area contributed by atoms with E-state index in [0.29, 0.717) is 6.54 Å². The van der Waals surface area contributed by atoms with Crippen molar-refractivity contribution < 1.29 is 8.42 Å². The molecule has 1 fully saturated rings. The van der Waals surface area contributed by atoms with E-state index >= 15 is 0 Å². The minimum absolute atomic E-state index is 0.0206. The third-order valence-electron chi connectivity index (χ3n) is 2.86. The number of nitrogens with zero attached hydrogens (tertiary/aromatic N) is 2. The lowest BCUT2D eigenvalue weighted by Gasteiger charge is -2.34. The van der Waals surface area contributed by atoms with Crippen LogP contribution in [0.1, 0.15) is 12.8 Å². The second-order valence-electron chi connectivity index (χ2n) is 4.54. The average Bonchev–Trinajstić information content (AvgIpc) is 2.27. The highest BCUT2D eigenvalue weighted by Gasteiger charge is 2.22. The summed E-state index contributed by atoms with van der Waals surface area (Å²) < 4.78 is 26.1. The molecule has 0 saturated carbocycles. The lowest BCUT2D eigenvalue weighted by molar-refractivity contribution is 0.467. The Labute approximate surface area is 116 Å². The van der Waals surface area contributed by atoms with Crippen molar-refractivity contribution in [3.8, 4) is 0 Å². The summed E-state index contributed by atoms with van der Waals surface area (Å²) >= 11 is 3.39. The smallest absolute Gasteiger partial charge is 0.209 e. The van der Waals surface area contributed by atoms with E-state index in [1.807, 2.05) is 6.07 Å². The molecule has 5 nitrogen and oxygen atoms in total. The van der Waals surface area contributed by atoms with Crippen LogP contribution >= 0.6 is 15.9 Å². The van der Waals surface area contributed by atoms with Gasteiger partial charge in [-0.05, 0) is 34.8 Å². The Balaban J connectivity index is 2.07. The molecule has 7 heteroatoms. The molecule has 1 aliphatic heterocycles. The van der Waals surface area contributed by atoms with Crippen molar-refractivity contribution in [1.82, 2.24) is 9.71 Å². The molecule has 2 heterocycles. The molecule has 1 aliphatic rings. The maximum absolute atomic E-state index is 11.2. The maximum atomic E-state index is 11.2. The van der Waals surface area contributed by atoms with Gasteiger partial charge in [0.05, 0.1) is 18.1 Å². The van der Waals surface area contributed by atoms with Gasteiger partial charge in [0.25, 0.3) is 0 Å². The Bertz CT molecular complexity index is 521. The molecule has 1 aromatic heterocycles. The molecule has 1 aromatic rings. The number of anilines is 1. The van der Waals surface area contributed by atoms with Gasteiger partial charge in [-0.25, -0.2) is 13.1 Å². The van der Waals surface area contributed by atoms with Gasteiger partial charge in [0.2, 0.25) is 10.0 Å². The standard InChI is InChI=1S/C11H16BrN3O2S/c1-18(16,17)14-10-3-2-4-15(8-10)11-5-9(12)6-13-7-11/h5-7,10,14H,2-4,8H2,1H3/t10-/m0/s1. The van der Waals surface area contributed by atoms with Crippen molar-refractivity contribution in [2.75, 3.05) is 24.2 Å². The Hall–Kier alpha value is -0.660. The minimum atomic E-state index is -3.14. The third-order valence-corrected chi connectivity index (χ3v) is 4.05. The molecule has 100 valence electrons. The fraction of sp³-hybridized carbons (Fsp3) is 0.545. The second-order valence-corrected chi connectivity index (χ2v) is 7.23. The van der Waals surface area contributed by atoms with Gasteiger partial charge >= 0.3 is 0 Å². The predicted molar refractivity (Wildman–Crippen MR) is 75.2 cm³/mol. The highest BCUT2D eigenvalue weighted by molar-refractivity contribution is 9.10. The van der Waals surface area contributed by atoms with Crippen LogP contribution in [0.25, 0.3) is 0 Å². The summed E-state index contributed by atoms with van der Waals surface area (Å²) in [6.45, 7) is 1.62. The molecule has 0 spiro atoms. The molecular weight excluding hydrogens is 318 g/mol. The van der Waals surface area contributed by atoms with Crippen molar-refractivity contribution in [1.29, 1.82) is 0 Å². The first kappa shape index (κ1) is 13.8. The van der Waals surface area contributed by atoms with E-state index in [2.05, 4.69) is 30.5 Å². The third kappa shape index (κ3) is 3.93. The number of piperidine rings is 1. The fourth-order valence-electron chi connectivity index (χ4n) is 2.18. The van der Waals surface area contributed by atoms with Crippen LogP contribution in [0.15, 0.2) is 22.9 Å². The van der Waals surface area contributed by atoms with Crippen LogP contribution in [0.3, 0.4) is 0 Å². The van der Waals surface area contributed by atoms with Gasteiger partial charge < -0.3 is 4.90 Å². The van der Waals surface area contributed by atoms with Crippen LogP contribution in [0.4, 0.5) is 5.69 Å². The zero-order valence-corrected chi connectivity index (χ0v) is 12.5. The molecule has 0 amide bonds. The zero-order chi connectivity index (χ0) is 13.2. The maximum Gasteiger partial charge on any atom is 0.209 e. The molecule has 1 saturated heterocycles. The van der Waals surface area contributed by atoms with Gasteiger partial charge in [-0.1, -0.05) is 0 Å². The number of sulfonamides is 1. The lowest BCUT2D eigenvalue weighted by atomic mass is 10.1. The van der Waals surface area contributed by atoms with E-state index in [1.165, 1.54) is 6.26 Å². The molecule has 0 aromatic carbocycles. The normalized spacial score (nSPS) is 21.0. The number of nitrogens with one attached hydrogen (secondary N) is 1. The molecule has 0 radical (unpaired) electrons. The summed E-state index contributed by atoms with van der Waals surface area (Å²) in [5.41, 5.74) is 1.02. The minimum Gasteiger partial charge on any atom is -0.369 e. The molecule has 0 bridgehead atoms. The second kappa shape index (κ2) is 5.54. The molecule has 2 rings (SSSR count). The topological polar surface area (TPSA) is 62.3 Å². The van der Waals surface area contributed by atoms with Gasteiger partial charge in [0.1, 0.15) is 0 Å². The average molecular weight is 334 g/mol. The molecule has 1 N–H and O–H groups in total. The first-order valence-corrected chi connectivity index (χ1v) is 8.45. The SMILES string of the molecule is CS(=O)(=O)N[C@H]1CCCN(c2cncc(Br)c2)C1. The summed E-state index contributed by atoms with van der Waals surface area (Å²) in [5, 5.41) is 0. The molecule has 0 unspecified atom stereocenters. The summed E-state index contributed by atoms with van der Waals surface area (Å²) in [6.07, 6.45) is 6.59. The Kier molecular flexibility index (Phi) is 4.24. The van der Waals surface area contributed by atoms with Crippen LogP contribution < -0.4 is 9.62 Å². The summed E-state index contributed by atoms with van der Waals surface area (Å²) in [5.74, 6) is 0. The van der Waals surface area contributed by atoms with E-state index < -0.39 is 10.0 Å². The van der Waals surface area contributed by atoms with Crippen LogP contribution in [0.5, 0.6) is 0 Å². The molecule has 0 aliphatic carbocycles. The van der Waals surface area contributed by atoms with E-state index in [1.54, 1.807) is 12.4 Å². The van der Waals surface area contributed by atoms with E-state index in [9.17, 15) is 8.42 Å². The van der Waals surface area contributed by atoms with Gasteiger partial charge in [-0.3, -0.25) is 4.98 Å². The number of hydrogen-bond donors (Lipinski definition) is 1. The van der Waals surface area contributed by atoms with E-state index in [0.717, 1.165) is 29.5 Å². The fourth-order valence-corrected chi connectivity index (χ4v) is 3.33. The van der Waals surface area contributed by atoms with Gasteiger partial charge in [0.15, 0.2) is 0 Å². The highest BCUT2D eigenvalue weighted by atomic mass is 79.9. The van der Waals surface area contributed by atoms with Crippen molar-refractivity contribution in [3.05, 3.63) is 22.9 Å². The summed E-state index contributed by atoms with van der Waals surface area (Å²) in [6, 6.07) is 1.98. The van der Waals surface area contributed by atoms with Crippen LogP contribution in [-0.2, 0) is 10.0 Å². The summed E-state index contributed by atoms with van der Waals surface area (Å²) in [7, 11) is -3.14. The number of hydrogen-bond acceptors (Lipinski definition) is 4. The quantitative estimate of drug-likeness (QED) is 0.907. The first-order chi connectivity index (χ1) is 8.44. The van der Waals surface area contributed by atoms with Crippen molar-refractivity contribution in [3.63, 3.8) is 0 Å². The van der Waals surface area contributed by atoms with Gasteiger partial charge in [-0.15, -0.1) is 0 Å². The highest BCUT2D eigenvalue weighted by Crippen LogP contribution is 2.22. The molecule has 18 heavy (non-hydrogen) atoms. The zero-order valence-electron chi connectivity index (χ0n) is 10.1. The van der Waals surface area contributed by atoms with Crippen molar-refractivity contribution in [2.45, 2.75) is 18.9 Å². The number of pyridine rings is 1. The van der Waals surface area contributed by atoms with Crippen LogP contribution in [0.2, 0.25) is 0 Å². The Morgan fingerprint density at radius 2 is 2.28 bits per heavy atom. The van der Waals surface area contributed by atoms with E-state index in [4.69, 9.17) is 0 Å². The number of rotatable bonds is 3. The molecule has 1 atom stereocenters.